The van der Waals surface area contributed by atoms with E-state index in [-0.39, 0.29) is 23.6 Å². The highest BCUT2D eigenvalue weighted by molar-refractivity contribution is 7.98. The van der Waals surface area contributed by atoms with Crippen LogP contribution in [0.25, 0.3) is 5.69 Å². The molecule has 39 heavy (non-hydrogen) atoms. The van der Waals surface area contributed by atoms with Gasteiger partial charge in [-0.25, -0.2) is 0 Å². The zero-order valence-corrected chi connectivity index (χ0v) is 23.6. The monoisotopic (exact) mass is 592 g/mol. The lowest BCUT2D eigenvalue weighted by Gasteiger charge is -2.19. The topological polar surface area (TPSA) is 59.8 Å². The second-order valence-electron chi connectivity index (χ2n) is 9.83. The first-order chi connectivity index (χ1) is 18.3. The first kappa shape index (κ1) is 29.0. The number of hydrogen-bond donors (Lipinski definition) is 1. The highest BCUT2D eigenvalue weighted by atomic mass is 35.5. The number of nitrogens with one attached hydrogen (secondary N) is 1. The molecule has 3 aromatic carbocycles. The molecule has 0 unspecified atom stereocenters. The summed E-state index contributed by atoms with van der Waals surface area (Å²) in [6.07, 6.45) is -4.43. The summed E-state index contributed by atoms with van der Waals surface area (Å²) in [5.74, 6) is 0.354. The minimum Gasteiger partial charge on any atom is -0.345 e. The van der Waals surface area contributed by atoms with E-state index >= 15 is 0 Å². The predicted molar refractivity (Wildman–Crippen MR) is 149 cm³/mol. The molecule has 0 aliphatic heterocycles. The number of alkyl halides is 3. The number of aromatic nitrogens is 3. The largest absolute Gasteiger partial charge is 0.416 e. The number of carbonyl (C=O) groups is 1. The second-order valence-corrected chi connectivity index (χ2v) is 11.6. The van der Waals surface area contributed by atoms with Crippen molar-refractivity contribution in [2.24, 2.45) is 0 Å². The van der Waals surface area contributed by atoms with E-state index in [0.717, 1.165) is 17.7 Å². The molecule has 0 radical (unpaired) electrons. The fourth-order valence-corrected chi connectivity index (χ4v) is 4.97. The Balaban J connectivity index is 1.57. The molecule has 4 rings (SSSR count). The van der Waals surface area contributed by atoms with Gasteiger partial charge in [0, 0.05) is 11.3 Å². The van der Waals surface area contributed by atoms with E-state index in [0.29, 0.717) is 37.8 Å². The number of carbonyl (C=O) groups excluding carboxylic acids is 1. The molecule has 0 fully saturated rings. The van der Waals surface area contributed by atoms with Gasteiger partial charge >= 0.3 is 6.18 Å². The summed E-state index contributed by atoms with van der Waals surface area (Å²) < 4.78 is 41.1. The van der Waals surface area contributed by atoms with Crippen molar-refractivity contribution in [1.29, 1.82) is 0 Å². The predicted octanol–water partition coefficient (Wildman–Crippen LogP) is 8.11. The summed E-state index contributed by atoms with van der Waals surface area (Å²) in [6, 6.07) is 17.5. The van der Waals surface area contributed by atoms with Gasteiger partial charge in [0.25, 0.3) is 5.91 Å². The van der Waals surface area contributed by atoms with Gasteiger partial charge in [0.05, 0.1) is 27.8 Å². The Kier molecular flexibility index (Phi) is 8.63. The molecular formula is C28H25Cl2F3N4OS. The molecule has 0 atom stereocenters. The summed E-state index contributed by atoms with van der Waals surface area (Å²) in [4.78, 5) is 12.9. The van der Waals surface area contributed by atoms with Crippen molar-refractivity contribution in [3.8, 4) is 5.69 Å². The summed E-state index contributed by atoms with van der Waals surface area (Å²) in [5.41, 5.74) is 1.94. The Morgan fingerprint density at radius 2 is 1.64 bits per heavy atom. The lowest BCUT2D eigenvalue weighted by Crippen LogP contribution is -2.25. The van der Waals surface area contributed by atoms with Crippen LogP contribution < -0.4 is 5.32 Å². The normalized spacial score (nSPS) is 12.0. The van der Waals surface area contributed by atoms with Crippen LogP contribution in [0.3, 0.4) is 0 Å². The average Bonchev–Trinajstić information content (AvgIpc) is 3.29. The third-order valence-corrected chi connectivity index (χ3v) is 7.64. The van der Waals surface area contributed by atoms with E-state index in [1.807, 2.05) is 12.1 Å². The molecule has 4 aromatic rings. The zero-order valence-electron chi connectivity index (χ0n) is 21.3. The Hall–Kier alpha value is -3.01. The van der Waals surface area contributed by atoms with E-state index in [2.05, 4.69) is 36.3 Å². The Morgan fingerprint density at radius 1 is 0.923 bits per heavy atom. The van der Waals surface area contributed by atoms with E-state index in [4.69, 9.17) is 23.2 Å². The maximum atomic E-state index is 13.1. The van der Waals surface area contributed by atoms with Crippen molar-refractivity contribution in [2.75, 3.05) is 0 Å². The van der Waals surface area contributed by atoms with Crippen molar-refractivity contribution in [2.45, 2.75) is 49.8 Å². The first-order valence-electron chi connectivity index (χ1n) is 11.9. The van der Waals surface area contributed by atoms with Crippen molar-refractivity contribution < 1.29 is 18.0 Å². The standard InChI is InChI=1S/C28H25Cl2F3N4OS/c1-27(2,3)19-9-7-18(8-10-19)25(38)34-15-24-35-36-26(37(24)21-11-12-22(29)23(30)14-21)39-16-17-5-4-6-20(13-17)28(31,32)33/h4-14H,15-16H2,1-3H3,(H,34,38). The maximum Gasteiger partial charge on any atom is 0.416 e. The molecule has 11 heteroatoms. The lowest BCUT2D eigenvalue weighted by atomic mass is 9.87. The van der Waals surface area contributed by atoms with Gasteiger partial charge in [-0.15, -0.1) is 10.2 Å². The molecule has 1 heterocycles. The van der Waals surface area contributed by atoms with Crippen LogP contribution in [0.2, 0.25) is 10.0 Å². The highest BCUT2D eigenvalue weighted by Crippen LogP contribution is 2.32. The summed E-state index contributed by atoms with van der Waals surface area (Å²) in [7, 11) is 0. The van der Waals surface area contributed by atoms with Gasteiger partial charge in [0.15, 0.2) is 11.0 Å². The second kappa shape index (κ2) is 11.6. The Labute approximate surface area is 238 Å². The summed E-state index contributed by atoms with van der Waals surface area (Å²) >= 11 is 13.6. The smallest absolute Gasteiger partial charge is 0.345 e. The van der Waals surface area contributed by atoms with Crippen LogP contribution in [0.4, 0.5) is 13.2 Å². The molecule has 0 aliphatic carbocycles. The van der Waals surface area contributed by atoms with E-state index in [1.165, 1.54) is 17.8 Å². The van der Waals surface area contributed by atoms with Gasteiger partial charge in [-0.2, -0.15) is 13.2 Å². The van der Waals surface area contributed by atoms with Crippen LogP contribution in [0.5, 0.6) is 0 Å². The van der Waals surface area contributed by atoms with Crippen LogP contribution in [0.1, 0.15) is 53.6 Å². The third-order valence-electron chi connectivity index (χ3n) is 5.90. The lowest BCUT2D eigenvalue weighted by molar-refractivity contribution is -0.137. The van der Waals surface area contributed by atoms with Crippen molar-refractivity contribution in [3.05, 3.63) is 105 Å². The quantitative estimate of drug-likeness (QED) is 0.220. The molecule has 0 saturated heterocycles. The maximum absolute atomic E-state index is 13.1. The third kappa shape index (κ3) is 7.15. The molecule has 0 saturated carbocycles. The molecule has 1 N–H and O–H groups in total. The average molecular weight is 594 g/mol. The Bertz CT molecular complexity index is 1480. The molecule has 0 spiro atoms. The van der Waals surface area contributed by atoms with Gasteiger partial charge in [-0.05, 0) is 52.9 Å². The SMILES string of the molecule is CC(C)(C)c1ccc(C(=O)NCc2nnc(SCc3cccc(C(F)(F)F)c3)n2-c2ccc(Cl)c(Cl)c2)cc1. The molecular weight excluding hydrogens is 568 g/mol. The highest BCUT2D eigenvalue weighted by Gasteiger charge is 2.30. The van der Waals surface area contributed by atoms with E-state index in [9.17, 15) is 18.0 Å². The molecule has 0 bridgehead atoms. The number of thioether (sulfide) groups is 1. The molecule has 0 aliphatic rings. The minimum atomic E-state index is -4.43. The number of nitrogens with zero attached hydrogens (tertiary/aromatic N) is 3. The van der Waals surface area contributed by atoms with Gasteiger partial charge < -0.3 is 5.32 Å². The van der Waals surface area contributed by atoms with Crippen molar-refractivity contribution in [1.82, 2.24) is 20.1 Å². The van der Waals surface area contributed by atoms with E-state index in [1.54, 1.807) is 41.0 Å². The van der Waals surface area contributed by atoms with Crippen LogP contribution in [-0.2, 0) is 23.9 Å². The van der Waals surface area contributed by atoms with Gasteiger partial charge in [-0.3, -0.25) is 9.36 Å². The number of halogens is 5. The molecule has 5 nitrogen and oxygen atoms in total. The van der Waals surface area contributed by atoms with Crippen LogP contribution in [-0.4, -0.2) is 20.7 Å². The number of rotatable bonds is 7. The zero-order chi connectivity index (χ0) is 28.4. The summed E-state index contributed by atoms with van der Waals surface area (Å²) in [6.45, 7) is 6.35. The molecule has 1 aromatic heterocycles. The van der Waals surface area contributed by atoms with Crippen molar-refractivity contribution in [3.63, 3.8) is 0 Å². The number of amides is 1. The van der Waals surface area contributed by atoms with Crippen LogP contribution in [0.15, 0.2) is 71.9 Å². The molecule has 1 amide bonds. The van der Waals surface area contributed by atoms with Gasteiger partial charge in [0.2, 0.25) is 0 Å². The molecule has 204 valence electrons. The van der Waals surface area contributed by atoms with Crippen molar-refractivity contribution >= 4 is 40.9 Å². The minimum absolute atomic E-state index is 0.0343. The first-order valence-corrected chi connectivity index (χ1v) is 13.6. The van der Waals surface area contributed by atoms with Crippen LogP contribution in [0, 0.1) is 0 Å². The number of benzene rings is 3. The van der Waals surface area contributed by atoms with Gasteiger partial charge in [0.1, 0.15) is 0 Å². The van der Waals surface area contributed by atoms with E-state index < -0.39 is 11.7 Å². The number of hydrogen-bond acceptors (Lipinski definition) is 4. The van der Waals surface area contributed by atoms with Crippen LogP contribution >= 0.6 is 35.0 Å². The summed E-state index contributed by atoms with van der Waals surface area (Å²) in [5, 5.41) is 12.5. The fraction of sp³-hybridized carbons (Fsp3) is 0.250. The Morgan fingerprint density at radius 3 is 2.28 bits per heavy atom. The fourth-order valence-electron chi connectivity index (χ4n) is 3.76. The van der Waals surface area contributed by atoms with Gasteiger partial charge in [-0.1, -0.05) is 86.1 Å².